The third kappa shape index (κ3) is 1.62. The van der Waals surface area contributed by atoms with E-state index in [9.17, 15) is 0 Å². The van der Waals surface area contributed by atoms with Gasteiger partial charge in [0.2, 0.25) is 0 Å². The summed E-state index contributed by atoms with van der Waals surface area (Å²) < 4.78 is 0. The molecule has 0 N–H and O–H groups in total. The second-order valence-corrected chi connectivity index (χ2v) is 8.54. The van der Waals surface area contributed by atoms with Crippen molar-refractivity contribution in [2.75, 3.05) is 0 Å². The molecule has 30 heavy (non-hydrogen) atoms. The number of hydrogen-bond acceptors (Lipinski definition) is 0. The smallest absolute Gasteiger partial charge is 0.000741 e. The molecule has 0 nitrogen and oxygen atoms in total. The monoisotopic (exact) mass is 376 g/mol. The van der Waals surface area contributed by atoms with E-state index in [2.05, 4.69) is 97.1 Å². The largest absolute Gasteiger partial charge is 0.0616 e. The number of rotatable bonds is 0. The van der Waals surface area contributed by atoms with Gasteiger partial charge in [-0.2, -0.15) is 0 Å². The topological polar surface area (TPSA) is 0 Å². The average molecular weight is 376 g/mol. The van der Waals surface area contributed by atoms with Crippen molar-refractivity contribution in [3.05, 3.63) is 97.1 Å². The normalized spacial score (nSPS) is 12.7. The molecule has 0 aliphatic heterocycles. The lowest BCUT2D eigenvalue weighted by Gasteiger charge is -2.20. The Morgan fingerprint density at radius 2 is 0.900 bits per heavy atom. The van der Waals surface area contributed by atoms with E-state index in [0.717, 1.165) is 0 Å². The van der Waals surface area contributed by atoms with E-state index in [-0.39, 0.29) is 0 Å². The summed E-state index contributed by atoms with van der Waals surface area (Å²) in [5.41, 5.74) is 0. The second kappa shape index (κ2) is 4.98. The Kier molecular flexibility index (Phi) is 2.49. The SMILES string of the molecule is c1ccc2c(c1)cc1cc3ccc4cccc5cc6c7ccccc7c2c1c6c3c45. The number of benzene rings is 8. The van der Waals surface area contributed by atoms with Crippen LogP contribution in [0.15, 0.2) is 97.1 Å². The first-order chi connectivity index (χ1) is 14.9. The molecular weight excluding hydrogens is 360 g/mol. The fraction of sp³-hybridized carbons (Fsp3) is 0. The summed E-state index contributed by atoms with van der Waals surface area (Å²) in [6.07, 6.45) is 0. The van der Waals surface area contributed by atoms with Crippen molar-refractivity contribution < 1.29 is 0 Å². The summed E-state index contributed by atoms with van der Waals surface area (Å²) >= 11 is 0. The van der Waals surface area contributed by atoms with Crippen molar-refractivity contribution in [2.24, 2.45) is 0 Å². The Morgan fingerprint density at radius 1 is 0.267 bits per heavy atom. The number of fused-ring (bicyclic) bond motifs is 5. The summed E-state index contributed by atoms with van der Waals surface area (Å²) in [5, 5.41) is 19.1. The number of hydrogen-bond donors (Lipinski definition) is 0. The third-order valence-corrected chi connectivity index (χ3v) is 7.06. The molecule has 0 aliphatic carbocycles. The third-order valence-electron chi connectivity index (χ3n) is 7.06. The van der Waals surface area contributed by atoms with Crippen molar-refractivity contribution in [2.45, 2.75) is 0 Å². The van der Waals surface area contributed by atoms with E-state index < -0.39 is 0 Å². The molecule has 0 radical (unpaired) electrons. The van der Waals surface area contributed by atoms with E-state index in [1.54, 1.807) is 0 Å². The van der Waals surface area contributed by atoms with E-state index in [1.807, 2.05) is 0 Å². The molecule has 0 heterocycles. The molecule has 0 unspecified atom stereocenters. The van der Waals surface area contributed by atoms with E-state index in [4.69, 9.17) is 0 Å². The zero-order valence-electron chi connectivity index (χ0n) is 16.2. The van der Waals surface area contributed by atoms with Crippen LogP contribution in [0.25, 0.3) is 75.4 Å². The van der Waals surface area contributed by atoms with Crippen LogP contribution in [0.3, 0.4) is 0 Å². The molecule has 0 spiro atoms. The highest BCUT2D eigenvalue weighted by Crippen LogP contribution is 2.48. The summed E-state index contributed by atoms with van der Waals surface area (Å²) in [4.78, 5) is 0. The van der Waals surface area contributed by atoms with Crippen molar-refractivity contribution in [3.8, 4) is 0 Å². The lowest BCUT2D eigenvalue weighted by molar-refractivity contribution is 1.79. The molecule has 8 aromatic carbocycles. The van der Waals surface area contributed by atoms with Crippen LogP contribution in [-0.2, 0) is 0 Å². The Labute approximate surface area is 172 Å². The average Bonchev–Trinajstić information content (AvgIpc) is 2.80. The van der Waals surface area contributed by atoms with Crippen LogP contribution in [0.1, 0.15) is 0 Å². The first kappa shape index (κ1) is 15.0. The minimum Gasteiger partial charge on any atom is -0.0616 e. The molecule has 8 aromatic rings. The highest BCUT2D eigenvalue weighted by Gasteiger charge is 2.19. The lowest BCUT2D eigenvalue weighted by atomic mass is 9.83. The summed E-state index contributed by atoms with van der Waals surface area (Å²) in [6.45, 7) is 0. The van der Waals surface area contributed by atoms with E-state index in [1.165, 1.54) is 75.4 Å². The standard InChI is InChI=1S/C30H16/c1-2-9-22-18(6-1)14-21-15-20-13-12-17-7-5-8-19-16-25-23-10-3-4-11-24(23)29(22)28(21)30(25)27(20)26(17)19/h1-16H. The van der Waals surface area contributed by atoms with Crippen LogP contribution in [0, 0.1) is 0 Å². The van der Waals surface area contributed by atoms with Gasteiger partial charge in [-0.1, -0.05) is 78.9 Å². The molecule has 0 fully saturated rings. The van der Waals surface area contributed by atoms with Crippen molar-refractivity contribution >= 4 is 75.4 Å². The van der Waals surface area contributed by atoms with Gasteiger partial charge in [0.05, 0.1) is 0 Å². The van der Waals surface area contributed by atoms with Gasteiger partial charge in [-0.25, -0.2) is 0 Å². The van der Waals surface area contributed by atoms with Crippen LogP contribution in [-0.4, -0.2) is 0 Å². The van der Waals surface area contributed by atoms with Crippen LogP contribution in [0.5, 0.6) is 0 Å². The van der Waals surface area contributed by atoms with Crippen LogP contribution >= 0.6 is 0 Å². The Balaban J connectivity index is 1.89. The highest BCUT2D eigenvalue weighted by atomic mass is 14.2. The summed E-state index contributed by atoms with van der Waals surface area (Å²) in [7, 11) is 0. The van der Waals surface area contributed by atoms with Gasteiger partial charge in [0.15, 0.2) is 0 Å². The highest BCUT2D eigenvalue weighted by molar-refractivity contribution is 6.44. The van der Waals surface area contributed by atoms with Gasteiger partial charge in [-0.05, 0) is 93.6 Å². The maximum atomic E-state index is 2.42. The Morgan fingerprint density at radius 3 is 1.83 bits per heavy atom. The summed E-state index contributed by atoms with van der Waals surface area (Å²) in [5.74, 6) is 0. The van der Waals surface area contributed by atoms with Gasteiger partial charge in [0.25, 0.3) is 0 Å². The molecule has 8 rings (SSSR count). The Bertz CT molecular complexity index is 1940. The first-order valence-corrected chi connectivity index (χ1v) is 10.5. The predicted molar refractivity (Wildman–Crippen MR) is 131 cm³/mol. The van der Waals surface area contributed by atoms with E-state index >= 15 is 0 Å². The molecule has 0 aromatic heterocycles. The van der Waals surface area contributed by atoms with Gasteiger partial charge in [-0.3, -0.25) is 0 Å². The van der Waals surface area contributed by atoms with Gasteiger partial charge < -0.3 is 0 Å². The van der Waals surface area contributed by atoms with Crippen LogP contribution < -0.4 is 0 Å². The summed E-state index contributed by atoms with van der Waals surface area (Å²) in [6, 6.07) is 36.2. The molecule has 0 atom stereocenters. The lowest BCUT2D eigenvalue weighted by Crippen LogP contribution is -1.92. The fourth-order valence-electron chi connectivity index (χ4n) is 5.90. The minimum atomic E-state index is 1.31. The van der Waals surface area contributed by atoms with Gasteiger partial charge in [-0.15, -0.1) is 0 Å². The molecule has 0 bridgehead atoms. The molecule has 136 valence electrons. The maximum absolute atomic E-state index is 2.42. The second-order valence-electron chi connectivity index (χ2n) is 8.54. The van der Waals surface area contributed by atoms with E-state index in [0.29, 0.717) is 0 Å². The van der Waals surface area contributed by atoms with Crippen molar-refractivity contribution in [1.82, 2.24) is 0 Å². The molecule has 0 amide bonds. The zero-order chi connectivity index (χ0) is 19.4. The molecule has 0 saturated carbocycles. The predicted octanol–water partition coefficient (Wildman–Crippen LogP) is 8.63. The molecule has 0 heteroatoms. The fourth-order valence-corrected chi connectivity index (χ4v) is 5.90. The quantitative estimate of drug-likeness (QED) is 0.183. The van der Waals surface area contributed by atoms with Crippen LogP contribution in [0.2, 0.25) is 0 Å². The molecule has 0 aliphatic rings. The van der Waals surface area contributed by atoms with Gasteiger partial charge in [0, 0.05) is 0 Å². The Hall–Kier alpha value is -3.90. The van der Waals surface area contributed by atoms with Crippen molar-refractivity contribution in [3.63, 3.8) is 0 Å². The molecule has 0 saturated heterocycles. The van der Waals surface area contributed by atoms with Crippen LogP contribution in [0.4, 0.5) is 0 Å². The van der Waals surface area contributed by atoms with Gasteiger partial charge >= 0.3 is 0 Å². The van der Waals surface area contributed by atoms with Crippen molar-refractivity contribution in [1.29, 1.82) is 0 Å². The first-order valence-electron chi connectivity index (χ1n) is 10.5. The molecular formula is C30H16. The maximum Gasteiger partial charge on any atom is -0.000741 e. The minimum absolute atomic E-state index is 1.31. The van der Waals surface area contributed by atoms with Gasteiger partial charge in [0.1, 0.15) is 0 Å². The zero-order valence-corrected chi connectivity index (χ0v) is 16.2.